The Labute approximate surface area is 122 Å². The molecule has 0 aromatic heterocycles. The molecule has 1 aromatic rings. The monoisotopic (exact) mass is 356 g/mol. The summed E-state index contributed by atoms with van der Waals surface area (Å²) in [4.78, 5) is 10.0. The summed E-state index contributed by atoms with van der Waals surface area (Å²) < 4.78 is 57.1. The van der Waals surface area contributed by atoms with Gasteiger partial charge in [-0.15, -0.1) is 0 Å². The molecule has 0 spiro atoms. The van der Waals surface area contributed by atoms with Crippen molar-refractivity contribution in [2.45, 2.75) is 30.8 Å². The summed E-state index contributed by atoms with van der Waals surface area (Å²) in [5, 5.41) is 0. The zero-order valence-corrected chi connectivity index (χ0v) is 12.6. The minimum absolute atomic E-state index is 0.178. The van der Waals surface area contributed by atoms with Gasteiger partial charge in [-0.2, -0.15) is 13.2 Å². The van der Waals surface area contributed by atoms with Crippen molar-refractivity contribution in [3.05, 3.63) is 34.6 Å². The van der Waals surface area contributed by atoms with Crippen LogP contribution in [0.1, 0.15) is 41.3 Å². The van der Waals surface area contributed by atoms with Crippen LogP contribution in [-0.4, -0.2) is 13.1 Å². The Balaban J connectivity index is 3.55. The zero-order chi connectivity index (χ0) is 15.7. The van der Waals surface area contributed by atoms with Gasteiger partial charge < -0.3 is 4.74 Å². The summed E-state index contributed by atoms with van der Waals surface area (Å²) in [5.41, 5.74) is -1.55. The molecule has 0 N–H and O–H groups in total. The molecule has 112 valence electrons. The molecule has 0 aliphatic rings. The first-order valence-corrected chi connectivity index (χ1v) is 6.63. The number of ether oxygens (including phenoxy) is 1. The lowest BCUT2D eigenvalue weighted by atomic mass is 9.94. The van der Waals surface area contributed by atoms with E-state index in [0.717, 1.165) is 13.2 Å². The van der Waals surface area contributed by atoms with Crippen molar-refractivity contribution in [3.63, 3.8) is 0 Å². The number of hydrogen-bond donors (Lipinski definition) is 0. The minimum Gasteiger partial charge on any atom is -0.468 e. The van der Waals surface area contributed by atoms with E-state index in [1.54, 1.807) is 13.8 Å². The van der Waals surface area contributed by atoms with Crippen LogP contribution in [-0.2, 0) is 15.7 Å². The fourth-order valence-electron chi connectivity index (χ4n) is 1.71. The Bertz CT molecular complexity index is 512. The van der Waals surface area contributed by atoms with Gasteiger partial charge in [0.05, 0.1) is 12.7 Å². The van der Waals surface area contributed by atoms with Gasteiger partial charge >= 0.3 is 12.1 Å². The molecule has 2 nitrogen and oxygen atoms in total. The van der Waals surface area contributed by atoms with Crippen molar-refractivity contribution in [2.75, 3.05) is 7.11 Å². The fraction of sp³-hybridized carbons (Fsp3) is 0.462. The molecule has 0 aliphatic carbocycles. The number of carbonyl (C=O) groups excluding carboxylic acids is 1. The average Bonchev–Trinajstić information content (AvgIpc) is 2.34. The van der Waals surface area contributed by atoms with E-state index >= 15 is 0 Å². The number of benzene rings is 1. The fourth-order valence-corrected chi connectivity index (χ4v) is 2.26. The number of rotatable bonds is 3. The second-order valence-electron chi connectivity index (χ2n) is 4.51. The normalized spacial score (nSPS) is 13.4. The van der Waals surface area contributed by atoms with Crippen LogP contribution in [0.4, 0.5) is 17.6 Å². The number of esters is 1. The van der Waals surface area contributed by atoms with Gasteiger partial charge in [-0.3, -0.25) is 4.79 Å². The smallest absolute Gasteiger partial charge is 0.419 e. The Hall–Kier alpha value is -1.11. The van der Waals surface area contributed by atoms with Crippen LogP contribution in [0, 0.1) is 5.82 Å². The molecular weight excluding hydrogens is 344 g/mol. The van der Waals surface area contributed by atoms with E-state index in [1.807, 2.05) is 0 Å². The largest absolute Gasteiger partial charge is 0.468 e. The van der Waals surface area contributed by atoms with Gasteiger partial charge in [-0.25, -0.2) is 4.39 Å². The predicted molar refractivity (Wildman–Crippen MR) is 69.2 cm³/mol. The van der Waals surface area contributed by atoms with E-state index in [0.29, 0.717) is 5.56 Å². The molecule has 7 heteroatoms. The molecular formula is C13H13BrF4O2. The lowest BCUT2D eigenvalue weighted by Gasteiger charge is -2.19. The van der Waals surface area contributed by atoms with E-state index < -0.39 is 33.9 Å². The SMILES string of the molecule is COC(=O)C(Br)c1cc(C(C)C)cc(F)c1C(F)(F)F. The van der Waals surface area contributed by atoms with Crippen molar-refractivity contribution >= 4 is 21.9 Å². The van der Waals surface area contributed by atoms with E-state index in [9.17, 15) is 22.4 Å². The maximum Gasteiger partial charge on any atom is 0.419 e. The van der Waals surface area contributed by atoms with Crippen LogP contribution in [0.3, 0.4) is 0 Å². The van der Waals surface area contributed by atoms with Gasteiger partial charge in [0, 0.05) is 0 Å². The van der Waals surface area contributed by atoms with Crippen LogP contribution in [0.25, 0.3) is 0 Å². The third kappa shape index (κ3) is 3.50. The van der Waals surface area contributed by atoms with Crippen molar-refractivity contribution in [3.8, 4) is 0 Å². The summed E-state index contributed by atoms with van der Waals surface area (Å²) >= 11 is 2.83. The highest BCUT2D eigenvalue weighted by Gasteiger charge is 2.40. The Morgan fingerprint density at radius 3 is 2.25 bits per heavy atom. The van der Waals surface area contributed by atoms with Crippen LogP contribution in [0.2, 0.25) is 0 Å². The minimum atomic E-state index is -4.89. The topological polar surface area (TPSA) is 26.3 Å². The van der Waals surface area contributed by atoms with Gasteiger partial charge in [0.15, 0.2) is 0 Å². The molecule has 0 fully saturated rings. The molecule has 0 bridgehead atoms. The van der Waals surface area contributed by atoms with Crippen molar-refractivity contribution in [1.29, 1.82) is 0 Å². The standard InChI is InChI=1S/C13H13BrF4O2/c1-6(2)7-4-8(11(14)12(19)20-3)10(9(15)5-7)13(16,17)18/h4-6,11H,1-3H3. The highest BCUT2D eigenvalue weighted by atomic mass is 79.9. The van der Waals surface area contributed by atoms with Crippen molar-refractivity contribution in [2.24, 2.45) is 0 Å². The van der Waals surface area contributed by atoms with Gasteiger partial charge in [0.1, 0.15) is 10.6 Å². The first-order chi connectivity index (χ1) is 9.09. The molecule has 0 amide bonds. The molecule has 1 atom stereocenters. The third-order valence-electron chi connectivity index (χ3n) is 2.77. The zero-order valence-electron chi connectivity index (χ0n) is 11.0. The molecule has 0 saturated carbocycles. The number of methoxy groups -OCH3 is 1. The molecule has 0 heterocycles. The van der Waals surface area contributed by atoms with E-state index in [2.05, 4.69) is 20.7 Å². The van der Waals surface area contributed by atoms with Crippen LogP contribution >= 0.6 is 15.9 Å². The molecule has 1 rings (SSSR count). The third-order valence-corrected chi connectivity index (χ3v) is 3.64. The Kier molecular flexibility index (Phi) is 5.18. The van der Waals surface area contributed by atoms with Gasteiger partial charge in [0.2, 0.25) is 0 Å². The summed E-state index contributed by atoms with van der Waals surface area (Å²) in [5.74, 6) is -2.49. The molecule has 0 aliphatic heterocycles. The van der Waals surface area contributed by atoms with E-state index in [1.165, 1.54) is 6.07 Å². The quantitative estimate of drug-likeness (QED) is 0.450. The van der Waals surface area contributed by atoms with E-state index in [4.69, 9.17) is 0 Å². The molecule has 0 radical (unpaired) electrons. The summed E-state index contributed by atoms with van der Waals surface area (Å²) in [6.07, 6.45) is -4.89. The first-order valence-electron chi connectivity index (χ1n) is 5.72. The van der Waals surface area contributed by atoms with Gasteiger partial charge in [-0.1, -0.05) is 35.8 Å². The predicted octanol–water partition coefficient (Wildman–Crippen LogP) is 4.58. The van der Waals surface area contributed by atoms with Crippen LogP contribution in [0.5, 0.6) is 0 Å². The lowest BCUT2D eigenvalue weighted by Crippen LogP contribution is -2.18. The second kappa shape index (κ2) is 6.11. The number of alkyl halides is 4. The Morgan fingerprint density at radius 1 is 1.30 bits per heavy atom. The van der Waals surface area contributed by atoms with Crippen LogP contribution < -0.4 is 0 Å². The lowest BCUT2D eigenvalue weighted by molar-refractivity contribution is -0.142. The number of hydrogen-bond acceptors (Lipinski definition) is 2. The molecule has 20 heavy (non-hydrogen) atoms. The summed E-state index contributed by atoms with van der Waals surface area (Å²) in [7, 11) is 1.05. The van der Waals surface area contributed by atoms with Crippen molar-refractivity contribution < 1.29 is 27.1 Å². The molecule has 0 saturated heterocycles. The summed E-state index contributed by atoms with van der Waals surface area (Å²) in [6, 6.07) is 2.01. The first kappa shape index (κ1) is 16.9. The number of carbonyl (C=O) groups is 1. The molecule has 1 unspecified atom stereocenters. The van der Waals surface area contributed by atoms with Gasteiger partial charge in [0.25, 0.3) is 0 Å². The maximum atomic E-state index is 13.8. The van der Waals surface area contributed by atoms with Gasteiger partial charge in [-0.05, 0) is 23.1 Å². The average molecular weight is 357 g/mol. The van der Waals surface area contributed by atoms with Crippen LogP contribution in [0.15, 0.2) is 12.1 Å². The van der Waals surface area contributed by atoms with E-state index in [-0.39, 0.29) is 5.92 Å². The highest BCUT2D eigenvalue weighted by Crippen LogP contribution is 2.40. The Morgan fingerprint density at radius 2 is 1.85 bits per heavy atom. The highest BCUT2D eigenvalue weighted by molar-refractivity contribution is 9.09. The summed E-state index contributed by atoms with van der Waals surface area (Å²) in [6.45, 7) is 3.43. The maximum absolute atomic E-state index is 13.8. The van der Waals surface area contributed by atoms with Crippen molar-refractivity contribution in [1.82, 2.24) is 0 Å². The number of halogens is 5. The molecule has 1 aromatic carbocycles. The second-order valence-corrected chi connectivity index (χ2v) is 5.42.